The smallest absolute Gasteiger partial charge is 0.247 e. The van der Waals surface area contributed by atoms with Gasteiger partial charge in [-0.1, -0.05) is 149 Å². The summed E-state index contributed by atoms with van der Waals surface area (Å²) < 4.78 is 0. The van der Waals surface area contributed by atoms with E-state index in [4.69, 9.17) is 0 Å². The second kappa shape index (κ2) is 13.0. The number of aryl methyl sites for hydroxylation is 6. The van der Waals surface area contributed by atoms with Crippen LogP contribution in [-0.2, 0) is 5.41 Å². The van der Waals surface area contributed by atoms with Crippen LogP contribution in [0.1, 0.15) is 157 Å². The fourth-order valence-corrected chi connectivity index (χ4v) is 15.4. The summed E-state index contributed by atoms with van der Waals surface area (Å²) in [4.78, 5) is 2.98. The Balaban J connectivity index is 1.29. The summed E-state index contributed by atoms with van der Waals surface area (Å²) in [5, 5.41) is 0. The molecule has 0 amide bonds. The molecule has 0 radical (unpaired) electrons. The van der Waals surface area contributed by atoms with Gasteiger partial charge in [0.25, 0.3) is 0 Å². The third kappa shape index (κ3) is 4.86. The summed E-state index contributed by atoms with van der Waals surface area (Å²) in [7, 11) is 0. The molecule has 2 saturated carbocycles. The number of nitrogens with zero attached hydrogens (tertiary/aromatic N) is 1. The molecule has 6 aromatic carbocycles. The van der Waals surface area contributed by atoms with Gasteiger partial charge in [-0.25, -0.2) is 0 Å². The quantitative estimate of drug-likeness (QED) is 0.163. The van der Waals surface area contributed by atoms with Crippen LogP contribution in [0, 0.1) is 41.5 Å². The Kier molecular flexibility index (Phi) is 7.91. The maximum Gasteiger partial charge on any atom is 0.247 e. The molecule has 1 nitrogen and oxygen atoms in total. The number of hydrogen-bond donors (Lipinski definition) is 0. The van der Waals surface area contributed by atoms with Gasteiger partial charge in [0.05, 0.1) is 0 Å². The van der Waals surface area contributed by atoms with Crippen molar-refractivity contribution in [1.82, 2.24) is 0 Å². The molecule has 15 rings (SSSR count). The molecule has 0 aromatic heterocycles. The highest BCUT2D eigenvalue weighted by Gasteiger charge is 2.55. The van der Waals surface area contributed by atoms with E-state index in [1.807, 2.05) is 0 Å². The monoisotopic (exact) mass is 804 g/mol. The number of fused-ring (bicyclic) bond motifs is 4. The van der Waals surface area contributed by atoms with Crippen molar-refractivity contribution in [2.75, 3.05) is 4.90 Å². The molecule has 6 aliphatic carbocycles. The van der Waals surface area contributed by atoms with Gasteiger partial charge in [0.2, 0.25) is 20.1 Å². The highest BCUT2D eigenvalue weighted by molar-refractivity contribution is 7.06. The lowest BCUT2D eigenvalue weighted by Gasteiger charge is -2.54. The Morgan fingerprint density at radius 2 is 0.726 bits per heavy atom. The van der Waals surface area contributed by atoms with Gasteiger partial charge < -0.3 is 4.90 Å². The highest BCUT2D eigenvalue weighted by Crippen LogP contribution is 2.54. The van der Waals surface area contributed by atoms with Crippen LogP contribution in [0.4, 0.5) is 17.1 Å². The molecular formula is C58H60B3N. The number of rotatable bonds is 3. The Labute approximate surface area is 372 Å². The Morgan fingerprint density at radius 3 is 1.11 bits per heavy atom. The third-order valence-electron chi connectivity index (χ3n) is 18.1. The predicted molar refractivity (Wildman–Crippen MR) is 269 cm³/mol. The van der Waals surface area contributed by atoms with Gasteiger partial charge in [-0.2, -0.15) is 0 Å². The first kappa shape index (κ1) is 37.8. The predicted octanol–water partition coefficient (Wildman–Crippen LogP) is 8.30. The lowest BCUT2D eigenvalue weighted by Crippen LogP contribution is -2.73. The molecule has 9 aliphatic rings. The number of hydrogen-bond acceptors (Lipinski definition) is 1. The summed E-state index contributed by atoms with van der Waals surface area (Å²) >= 11 is 0. The molecule has 0 saturated heterocycles. The van der Waals surface area contributed by atoms with Crippen molar-refractivity contribution in [2.24, 2.45) is 0 Å². The average Bonchev–Trinajstić information content (AvgIpc) is 3.25. The van der Waals surface area contributed by atoms with Crippen molar-refractivity contribution in [1.29, 1.82) is 0 Å². The summed E-state index contributed by atoms with van der Waals surface area (Å²) in [5.74, 6) is 2.56. The highest BCUT2D eigenvalue weighted by atomic mass is 15.2. The first-order valence-electron chi connectivity index (χ1n) is 24.5. The van der Waals surface area contributed by atoms with Crippen LogP contribution in [0.5, 0.6) is 0 Å². The molecular weight excluding hydrogens is 743 g/mol. The summed E-state index contributed by atoms with van der Waals surface area (Å²) in [6, 6.07) is 32.5. The third-order valence-corrected chi connectivity index (χ3v) is 18.1. The van der Waals surface area contributed by atoms with E-state index in [9.17, 15) is 0 Å². The second-order valence-corrected chi connectivity index (χ2v) is 22.4. The Bertz CT molecular complexity index is 2910. The number of anilines is 3. The minimum absolute atomic E-state index is 0.0153. The summed E-state index contributed by atoms with van der Waals surface area (Å²) in [5.41, 5.74) is 35.8. The Hall–Kier alpha value is -4.69. The summed E-state index contributed by atoms with van der Waals surface area (Å²) in [6.45, 7) is 22.4. The molecule has 306 valence electrons. The molecule has 0 N–H and O–H groups in total. The van der Waals surface area contributed by atoms with Crippen LogP contribution >= 0.6 is 0 Å². The molecule has 6 aromatic rings. The van der Waals surface area contributed by atoms with Gasteiger partial charge in [0.1, 0.15) is 0 Å². The standard InChI is InChI=1S/C58H60B3N/c1-31-13-10-14-32(2)50(31)59-44-27-41(58(7,8)9)28-45-55(44)62-56-46(59)29-42-37-19-23-39(24-20-37)48(42)53(56)61(52-35(5)17-12-18-36(52)6)47-30-43-38-21-25-40(26-22-38)49(43)54(57(47)62)60(45)51-33(3)15-11-16-34(51)4/h10-18,27-30,37-40H,19-26H2,1-9H3. The fourth-order valence-electron chi connectivity index (χ4n) is 15.4. The van der Waals surface area contributed by atoms with E-state index in [1.54, 1.807) is 71.9 Å². The first-order chi connectivity index (χ1) is 29.9. The molecule has 62 heavy (non-hydrogen) atoms. The molecule has 4 bridgehead atoms. The maximum atomic E-state index is 2.98. The maximum absolute atomic E-state index is 2.98. The van der Waals surface area contributed by atoms with E-state index >= 15 is 0 Å². The van der Waals surface area contributed by atoms with Crippen molar-refractivity contribution in [3.05, 3.63) is 140 Å². The Morgan fingerprint density at radius 1 is 0.403 bits per heavy atom. The van der Waals surface area contributed by atoms with Crippen LogP contribution in [-0.4, -0.2) is 20.1 Å². The lowest BCUT2D eigenvalue weighted by molar-refractivity contribution is 0.360. The van der Waals surface area contributed by atoms with Crippen LogP contribution in [0.15, 0.2) is 78.9 Å². The molecule has 4 heteroatoms. The molecule has 0 atom stereocenters. The largest absolute Gasteiger partial charge is 0.314 e. The minimum Gasteiger partial charge on any atom is -0.314 e. The van der Waals surface area contributed by atoms with E-state index in [0.717, 1.165) is 0 Å². The van der Waals surface area contributed by atoms with Crippen molar-refractivity contribution < 1.29 is 0 Å². The molecule has 0 unspecified atom stereocenters. The SMILES string of the molecule is Cc1cccc(C)c1B1c2cc(C(C)(C)C)cc3c2N2c4c(cc5c(c4B3c3c(C)cccc3C)C3CCC5CC3)B(c3c(C)cccc3C)c3c4c(cc1c32)C1CCC4CC1. The topological polar surface area (TPSA) is 3.24 Å². The van der Waals surface area contributed by atoms with E-state index < -0.39 is 0 Å². The van der Waals surface area contributed by atoms with Crippen molar-refractivity contribution >= 4 is 86.4 Å². The normalized spacial score (nSPS) is 22.0. The fraction of sp³-hybridized carbons (Fsp3) is 0.379. The van der Waals surface area contributed by atoms with Gasteiger partial charge in [0, 0.05) is 17.1 Å². The van der Waals surface area contributed by atoms with Crippen molar-refractivity contribution in [3.63, 3.8) is 0 Å². The lowest BCUT2D eigenvalue weighted by atomic mass is 9.24. The van der Waals surface area contributed by atoms with Crippen LogP contribution in [0.3, 0.4) is 0 Å². The van der Waals surface area contributed by atoms with Gasteiger partial charge in [-0.15, -0.1) is 0 Å². The van der Waals surface area contributed by atoms with Crippen LogP contribution < -0.4 is 54.1 Å². The minimum atomic E-state index is -0.0153. The van der Waals surface area contributed by atoms with E-state index in [-0.39, 0.29) is 25.6 Å². The van der Waals surface area contributed by atoms with E-state index in [2.05, 4.69) is 146 Å². The number of benzene rings is 6. The van der Waals surface area contributed by atoms with E-state index in [0.29, 0.717) is 23.7 Å². The molecule has 0 spiro atoms. The zero-order valence-corrected chi connectivity index (χ0v) is 38.7. The zero-order chi connectivity index (χ0) is 42.2. The zero-order valence-electron chi connectivity index (χ0n) is 38.7. The van der Waals surface area contributed by atoms with E-state index in [1.165, 1.54) is 107 Å². The first-order valence-corrected chi connectivity index (χ1v) is 24.5. The van der Waals surface area contributed by atoms with Gasteiger partial charge >= 0.3 is 0 Å². The molecule has 3 heterocycles. The molecule has 2 fully saturated rings. The summed E-state index contributed by atoms with van der Waals surface area (Å²) in [6.07, 6.45) is 10.7. The van der Waals surface area contributed by atoms with Crippen LogP contribution in [0.25, 0.3) is 0 Å². The van der Waals surface area contributed by atoms with Crippen LogP contribution in [0.2, 0.25) is 0 Å². The van der Waals surface area contributed by atoms with Crippen molar-refractivity contribution in [2.45, 2.75) is 143 Å². The van der Waals surface area contributed by atoms with Gasteiger partial charge in [-0.3, -0.25) is 0 Å². The van der Waals surface area contributed by atoms with Crippen molar-refractivity contribution in [3.8, 4) is 0 Å². The van der Waals surface area contributed by atoms with Gasteiger partial charge in [0.15, 0.2) is 0 Å². The average molecular weight is 804 g/mol. The second-order valence-electron chi connectivity index (χ2n) is 22.4. The van der Waals surface area contributed by atoms with Gasteiger partial charge in [-0.05, 0) is 183 Å². The molecule has 3 aliphatic heterocycles.